The molecule has 0 aliphatic carbocycles. The smallest absolute Gasteiger partial charge is 0.328 e. The summed E-state index contributed by atoms with van der Waals surface area (Å²) in [6, 6.07) is 11.9. The van der Waals surface area contributed by atoms with Gasteiger partial charge in [0.2, 0.25) is 5.91 Å². The van der Waals surface area contributed by atoms with Crippen LogP contribution in [-0.4, -0.2) is 37.0 Å². The van der Waals surface area contributed by atoms with Crippen molar-refractivity contribution < 1.29 is 28.3 Å². The molecule has 0 saturated carbocycles. The summed E-state index contributed by atoms with van der Waals surface area (Å²) in [6.45, 7) is 7.54. The molecule has 0 aliphatic rings. The van der Waals surface area contributed by atoms with Gasteiger partial charge in [-0.25, -0.2) is 10.2 Å². The molecule has 2 aromatic carbocycles. The Balaban J connectivity index is 1.75. The van der Waals surface area contributed by atoms with Crippen LogP contribution in [0.15, 0.2) is 62.2 Å². The lowest BCUT2D eigenvalue weighted by atomic mass is 9.97. The minimum atomic E-state index is -0.870. The second kappa shape index (κ2) is 14.1. The third-order valence-electron chi connectivity index (χ3n) is 6.50. The van der Waals surface area contributed by atoms with Crippen molar-refractivity contribution in [3.8, 4) is 5.75 Å². The quantitative estimate of drug-likeness (QED) is 0.205. The molecule has 0 spiro atoms. The predicted molar refractivity (Wildman–Crippen MR) is 154 cm³/mol. The highest BCUT2D eigenvalue weighted by atomic mass is 79.9. The zero-order chi connectivity index (χ0) is 29.4. The second-order valence-electron chi connectivity index (χ2n) is 9.73. The second-order valence-corrected chi connectivity index (χ2v) is 10.7. The molecule has 3 rings (SSSR count). The molecule has 0 saturated heterocycles. The number of carbonyl (C=O) groups excluding carboxylic acids is 3. The van der Waals surface area contributed by atoms with Crippen molar-refractivity contribution in [1.29, 1.82) is 0 Å². The van der Waals surface area contributed by atoms with E-state index in [0.717, 1.165) is 16.1 Å². The topological polar surface area (TPSA) is 136 Å². The standard InChI is InChI=1S/C29H34BrN3O7/c1-6-17(4)26(28(36)31-25(16(2)3)29(37)38-5)32-33-27(35)23-14-20(34)24-21(8-7-9-22(24)40-23)39-15-18-10-12-19(30)13-11-18/h7-14,16-17,25-26,32H,6,15H2,1-5H3,(H,31,36)(H,33,35)/t17-,25+,26+/m1/s1. The van der Waals surface area contributed by atoms with E-state index in [1.165, 1.54) is 7.11 Å². The summed E-state index contributed by atoms with van der Waals surface area (Å²) < 4.78 is 17.4. The number of carbonyl (C=O) groups is 3. The lowest BCUT2D eigenvalue weighted by Crippen LogP contribution is -2.58. The van der Waals surface area contributed by atoms with Crippen LogP contribution in [0.4, 0.5) is 0 Å². The first-order valence-electron chi connectivity index (χ1n) is 12.9. The van der Waals surface area contributed by atoms with Gasteiger partial charge >= 0.3 is 11.9 Å². The average molecular weight is 617 g/mol. The number of nitrogens with one attached hydrogen (secondary N) is 3. The van der Waals surface area contributed by atoms with Gasteiger partial charge in [-0.15, -0.1) is 0 Å². The SMILES string of the molecule is CC[C@@H](C)[C@H](NNC(=O)c1cc(=O)c2c(OCc3ccc(Br)cc3)cccc2o1)C(=O)N[C@H](C(=O)OC)C(C)C. The summed E-state index contributed by atoms with van der Waals surface area (Å²) in [5.74, 6) is -2.11. The lowest BCUT2D eigenvalue weighted by molar-refractivity contribution is -0.146. The summed E-state index contributed by atoms with van der Waals surface area (Å²) >= 11 is 3.39. The fourth-order valence-electron chi connectivity index (χ4n) is 3.93. The molecule has 0 radical (unpaired) electrons. The van der Waals surface area contributed by atoms with Crippen LogP contribution in [0.3, 0.4) is 0 Å². The number of halogens is 1. The number of methoxy groups -OCH3 is 1. The molecular formula is C29H34BrN3O7. The van der Waals surface area contributed by atoms with E-state index in [-0.39, 0.29) is 35.2 Å². The number of fused-ring (bicyclic) bond motifs is 1. The van der Waals surface area contributed by atoms with Crippen LogP contribution in [-0.2, 0) is 20.9 Å². The Labute approximate surface area is 240 Å². The highest BCUT2D eigenvalue weighted by Gasteiger charge is 2.31. The number of benzene rings is 2. The Kier molecular flexibility index (Phi) is 10.9. The maximum Gasteiger partial charge on any atom is 0.328 e. The summed E-state index contributed by atoms with van der Waals surface area (Å²) in [7, 11) is 1.25. The van der Waals surface area contributed by atoms with Gasteiger partial charge in [0, 0.05) is 10.5 Å². The first kappa shape index (κ1) is 30.8. The van der Waals surface area contributed by atoms with Crippen molar-refractivity contribution in [2.45, 2.75) is 52.8 Å². The Morgan fingerprint density at radius 3 is 2.35 bits per heavy atom. The maximum atomic E-state index is 13.1. The molecule has 1 aromatic heterocycles. The normalized spacial score (nSPS) is 13.4. The van der Waals surface area contributed by atoms with Crippen molar-refractivity contribution in [3.63, 3.8) is 0 Å². The Hall–Kier alpha value is -3.70. The van der Waals surface area contributed by atoms with Gasteiger partial charge in [-0.05, 0) is 41.7 Å². The van der Waals surface area contributed by atoms with Crippen molar-refractivity contribution in [1.82, 2.24) is 16.2 Å². The Morgan fingerprint density at radius 1 is 1.02 bits per heavy atom. The van der Waals surface area contributed by atoms with E-state index in [4.69, 9.17) is 13.9 Å². The first-order chi connectivity index (χ1) is 19.0. The predicted octanol–water partition coefficient (Wildman–Crippen LogP) is 4.10. The van der Waals surface area contributed by atoms with E-state index in [1.807, 2.05) is 38.1 Å². The van der Waals surface area contributed by atoms with E-state index in [1.54, 1.807) is 32.0 Å². The summed E-state index contributed by atoms with van der Waals surface area (Å²) in [4.78, 5) is 51.1. The van der Waals surface area contributed by atoms with Crippen molar-refractivity contribution in [2.24, 2.45) is 11.8 Å². The van der Waals surface area contributed by atoms with Crippen LogP contribution in [0.25, 0.3) is 11.0 Å². The molecule has 3 atom stereocenters. The highest BCUT2D eigenvalue weighted by molar-refractivity contribution is 9.10. The van der Waals surface area contributed by atoms with Crippen LogP contribution in [0.5, 0.6) is 5.75 Å². The van der Waals surface area contributed by atoms with E-state index >= 15 is 0 Å². The van der Waals surface area contributed by atoms with Crippen molar-refractivity contribution in [3.05, 3.63) is 74.6 Å². The van der Waals surface area contributed by atoms with Gasteiger partial charge in [-0.2, -0.15) is 0 Å². The molecule has 40 heavy (non-hydrogen) atoms. The molecule has 0 bridgehead atoms. The van der Waals surface area contributed by atoms with Gasteiger partial charge in [0.15, 0.2) is 11.2 Å². The third-order valence-corrected chi connectivity index (χ3v) is 7.03. The molecule has 0 fully saturated rings. The molecule has 0 unspecified atom stereocenters. The number of rotatable bonds is 12. The van der Waals surface area contributed by atoms with Crippen molar-refractivity contribution in [2.75, 3.05) is 7.11 Å². The summed E-state index contributed by atoms with van der Waals surface area (Å²) in [5.41, 5.74) is 5.85. The van der Waals surface area contributed by atoms with Gasteiger partial charge in [0.1, 0.15) is 35.4 Å². The minimum absolute atomic E-state index is 0.181. The average Bonchev–Trinajstić information content (AvgIpc) is 2.94. The number of hydrazine groups is 1. The fourth-order valence-corrected chi connectivity index (χ4v) is 4.19. The zero-order valence-corrected chi connectivity index (χ0v) is 24.7. The number of hydrogen-bond acceptors (Lipinski definition) is 8. The number of amides is 2. The highest BCUT2D eigenvalue weighted by Crippen LogP contribution is 2.24. The molecule has 11 heteroatoms. The molecule has 214 valence electrons. The monoisotopic (exact) mass is 615 g/mol. The molecule has 3 aromatic rings. The van der Waals surface area contributed by atoms with E-state index < -0.39 is 35.3 Å². The molecule has 0 aliphatic heterocycles. The van der Waals surface area contributed by atoms with Crippen LogP contribution >= 0.6 is 15.9 Å². The van der Waals surface area contributed by atoms with E-state index in [9.17, 15) is 19.2 Å². The number of esters is 1. The third kappa shape index (κ3) is 7.70. The van der Waals surface area contributed by atoms with Crippen LogP contribution in [0.1, 0.15) is 50.2 Å². The maximum absolute atomic E-state index is 13.1. The van der Waals surface area contributed by atoms with Gasteiger partial charge in [-0.3, -0.25) is 19.8 Å². The summed E-state index contributed by atoms with van der Waals surface area (Å²) in [6.07, 6.45) is 0.611. The minimum Gasteiger partial charge on any atom is -0.488 e. The first-order valence-corrected chi connectivity index (χ1v) is 13.7. The van der Waals surface area contributed by atoms with Crippen LogP contribution in [0.2, 0.25) is 0 Å². The largest absolute Gasteiger partial charge is 0.488 e. The van der Waals surface area contributed by atoms with Gasteiger partial charge in [-0.1, -0.05) is 68.2 Å². The Morgan fingerprint density at radius 2 is 1.73 bits per heavy atom. The van der Waals surface area contributed by atoms with Crippen LogP contribution < -0.4 is 26.3 Å². The number of ether oxygens (including phenoxy) is 2. The van der Waals surface area contributed by atoms with Gasteiger partial charge in [0.05, 0.1) is 7.11 Å². The molecular weight excluding hydrogens is 582 g/mol. The molecule has 3 N–H and O–H groups in total. The fraction of sp³-hybridized carbons (Fsp3) is 0.379. The van der Waals surface area contributed by atoms with Crippen LogP contribution in [0, 0.1) is 11.8 Å². The van der Waals surface area contributed by atoms with Gasteiger partial charge in [0.25, 0.3) is 0 Å². The zero-order valence-electron chi connectivity index (χ0n) is 23.1. The molecule has 10 nitrogen and oxygen atoms in total. The van der Waals surface area contributed by atoms with Gasteiger partial charge < -0.3 is 19.2 Å². The summed E-state index contributed by atoms with van der Waals surface area (Å²) in [5, 5.41) is 2.91. The Bertz CT molecular complexity index is 1400. The van der Waals surface area contributed by atoms with E-state index in [2.05, 4.69) is 32.1 Å². The number of hydrogen-bond donors (Lipinski definition) is 3. The molecule has 2 amide bonds. The lowest BCUT2D eigenvalue weighted by Gasteiger charge is -2.27. The molecule has 1 heterocycles. The van der Waals surface area contributed by atoms with Crippen molar-refractivity contribution >= 4 is 44.7 Å². The van der Waals surface area contributed by atoms with E-state index in [0.29, 0.717) is 12.2 Å².